The number of cyclic esters (lactones) is 1. The van der Waals surface area contributed by atoms with Gasteiger partial charge in [0.1, 0.15) is 0 Å². The Morgan fingerprint density at radius 2 is 1.83 bits per heavy atom. The van der Waals surface area contributed by atoms with Crippen LogP contribution in [0.3, 0.4) is 0 Å². The first-order valence-electron chi connectivity index (χ1n) is 9.24. The van der Waals surface area contributed by atoms with Gasteiger partial charge < -0.3 is 14.6 Å². The molecule has 0 radical (unpaired) electrons. The van der Waals surface area contributed by atoms with Gasteiger partial charge in [0.15, 0.2) is 0 Å². The number of ether oxygens (including phenoxy) is 2. The standard InChI is InChI=1S/C19H28O4/c1-16(2)11-7-8-19-9-10(18(4)13(19)23-18)5-6-12(19)17(11,3)15(21)22-14(16)20/h10-13,15,21H,5-9H2,1-4H3/t10-,11-,12+,13+,15-,17-,18+,19-/m1/s1. The molecule has 4 nitrogen and oxygen atoms in total. The van der Waals surface area contributed by atoms with Crippen molar-refractivity contribution in [3.8, 4) is 0 Å². The summed E-state index contributed by atoms with van der Waals surface area (Å²) in [5.41, 5.74) is -0.579. The van der Waals surface area contributed by atoms with E-state index in [9.17, 15) is 9.90 Å². The van der Waals surface area contributed by atoms with E-state index in [0.29, 0.717) is 17.9 Å². The zero-order valence-corrected chi connectivity index (χ0v) is 14.6. The molecular formula is C19H28O4. The van der Waals surface area contributed by atoms with Crippen LogP contribution < -0.4 is 0 Å². The third kappa shape index (κ3) is 1.38. The Hall–Kier alpha value is -0.610. The fraction of sp³-hybridized carbons (Fsp3) is 0.947. The average Bonchev–Trinajstić information content (AvgIpc) is 3.15. The van der Waals surface area contributed by atoms with Gasteiger partial charge in [-0.05, 0) is 70.6 Å². The maximum absolute atomic E-state index is 12.4. The minimum absolute atomic E-state index is 0.0871. The lowest BCUT2D eigenvalue weighted by molar-refractivity contribution is -0.287. The molecule has 0 aromatic heterocycles. The van der Waals surface area contributed by atoms with Crippen molar-refractivity contribution >= 4 is 5.97 Å². The summed E-state index contributed by atoms with van der Waals surface area (Å²) in [6, 6.07) is 0. The molecule has 5 aliphatic rings. The number of carbonyl (C=O) groups excluding carboxylic acids is 1. The van der Waals surface area contributed by atoms with Crippen molar-refractivity contribution in [2.45, 2.75) is 77.8 Å². The van der Waals surface area contributed by atoms with Crippen LogP contribution in [0.15, 0.2) is 0 Å². The number of aliphatic hydroxyl groups excluding tert-OH is 1. The van der Waals surface area contributed by atoms with Crippen LogP contribution in [-0.2, 0) is 14.3 Å². The predicted molar refractivity (Wildman–Crippen MR) is 83.3 cm³/mol. The third-order valence-corrected chi connectivity index (χ3v) is 8.84. The molecule has 8 atom stereocenters. The van der Waals surface area contributed by atoms with Crippen LogP contribution in [0.1, 0.15) is 59.8 Å². The molecule has 5 rings (SSSR count). The zero-order chi connectivity index (χ0) is 16.4. The fourth-order valence-electron chi connectivity index (χ4n) is 7.67. The summed E-state index contributed by atoms with van der Waals surface area (Å²) < 4.78 is 11.7. The predicted octanol–water partition coefficient (Wildman–Crippen LogP) is 2.88. The maximum atomic E-state index is 12.4. The Labute approximate surface area is 137 Å². The van der Waals surface area contributed by atoms with E-state index in [4.69, 9.17) is 9.47 Å². The van der Waals surface area contributed by atoms with Gasteiger partial charge >= 0.3 is 5.97 Å². The van der Waals surface area contributed by atoms with E-state index in [2.05, 4.69) is 13.8 Å². The van der Waals surface area contributed by atoms with E-state index < -0.39 is 11.7 Å². The first-order chi connectivity index (χ1) is 10.7. The molecule has 128 valence electrons. The van der Waals surface area contributed by atoms with Gasteiger partial charge in [-0.3, -0.25) is 4.79 Å². The Bertz CT molecular complexity index is 600. The van der Waals surface area contributed by atoms with Gasteiger partial charge in [-0.25, -0.2) is 0 Å². The summed E-state index contributed by atoms with van der Waals surface area (Å²) >= 11 is 0. The van der Waals surface area contributed by atoms with Crippen molar-refractivity contribution in [2.24, 2.45) is 34.0 Å². The van der Waals surface area contributed by atoms with Gasteiger partial charge in [-0.1, -0.05) is 6.92 Å². The second kappa shape index (κ2) is 3.80. The molecule has 0 unspecified atom stereocenters. The monoisotopic (exact) mass is 320 g/mol. The van der Waals surface area contributed by atoms with Gasteiger partial charge in [0, 0.05) is 10.8 Å². The Morgan fingerprint density at radius 3 is 2.57 bits per heavy atom. The molecule has 1 spiro atoms. The van der Waals surface area contributed by atoms with Crippen molar-refractivity contribution in [3.05, 3.63) is 0 Å². The fourth-order valence-corrected chi connectivity index (χ4v) is 7.67. The summed E-state index contributed by atoms with van der Waals surface area (Å²) in [5, 5.41) is 10.8. The SMILES string of the molecule is CC1(C)C(=O)O[C@@H](O)[C@]2(C)[C@@H]1CC[C@@]13C[C@@H](CC[C@H]12)[C@]1(C)O[C@H]31. The van der Waals surface area contributed by atoms with Crippen molar-refractivity contribution < 1.29 is 19.4 Å². The quantitative estimate of drug-likeness (QED) is 0.551. The lowest BCUT2D eigenvalue weighted by atomic mass is 9.43. The van der Waals surface area contributed by atoms with E-state index in [1.54, 1.807) is 0 Å². The van der Waals surface area contributed by atoms with E-state index in [1.807, 2.05) is 13.8 Å². The van der Waals surface area contributed by atoms with Crippen LogP contribution in [0.5, 0.6) is 0 Å². The summed E-state index contributed by atoms with van der Waals surface area (Å²) in [6.45, 7) is 8.47. The Balaban J connectivity index is 1.62. The van der Waals surface area contributed by atoms with Crippen LogP contribution in [0.25, 0.3) is 0 Å². The first-order valence-corrected chi connectivity index (χ1v) is 9.24. The topological polar surface area (TPSA) is 59.1 Å². The molecule has 3 aliphatic carbocycles. The second-order valence-corrected chi connectivity index (χ2v) is 9.88. The summed E-state index contributed by atoms with van der Waals surface area (Å²) in [4.78, 5) is 12.4. The average molecular weight is 320 g/mol. The molecular weight excluding hydrogens is 292 g/mol. The zero-order valence-electron chi connectivity index (χ0n) is 14.6. The largest absolute Gasteiger partial charge is 0.435 e. The van der Waals surface area contributed by atoms with Crippen molar-refractivity contribution in [1.29, 1.82) is 0 Å². The normalized spacial score (nSPS) is 62.0. The van der Waals surface area contributed by atoms with Gasteiger partial charge in [0.2, 0.25) is 6.29 Å². The van der Waals surface area contributed by atoms with Gasteiger partial charge in [-0.2, -0.15) is 0 Å². The second-order valence-electron chi connectivity index (χ2n) is 9.88. The van der Waals surface area contributed by atoms with E-state index in [1.165, 1.54) is 12.8 Å². The number of fused-ring (bicyclic) bond motifs is 5. The number of esters is 1. The highest BCUT2D eigenvalue weighted by Gasteiger charge is 2.80. The molecule has 5 fully saturated rings. The molecule has 3 saturated carbocycles. The summed E-state index contributed by atoms with van der Waals surface area (Å²) in [7, 11) is 0. The van der Waals surface area contributed by atoms with E-state index in [0.717, 1.165) is 19.3 Å². The lowest BCUT2D eigenvalue weighted by Gasteiger charge is -2.63. The number of hydrogen-bond acceptors (Lipinski definition) is 4. The lowest BCUT2D eigenvalue weighted by Crippen LogP contribution is -2.65. The summed E-state index contributed by atoms with van der Waals surface area (Å²) in [6.07, 6.45) is 5.08. The van der Waals surface area contributed by atoms with E-state index in [-0.39, 0.29) is 28.3 Å². The third-order valence-electron chi connectivity index (χ3n) is 8.84. The highest BCUT2D eigenvalue weighted by Crippen LogP contribution is 2.77. The minimum Gasteiger partial charge on any atom is -0.435 e. The number of aliphatic hydroxyl groups is 1. The van der Waals surface area contributed by atoms with Gasteiger partial charge in [0.05, 0.1) is 17.1 Å². The van der Waals surface area contributed by atoms with Gasteiger partial charge in [-0.15, -0.1) is 0 Å². The van der Waals surface area contributed by atoms with Crippen LogP contribution in [0, 0.1) is 34.0 Å². The van der Waals surface area contributed by atoms with Crippen molar-refractivity contribution in [1.82, 2.24) is 0 Å². The number of epoxide rings is 1. The molecule has 0 amide bonds. The summed E-state index contributed by atoms with van der Waals surface area (Å²) in [5.74, 6) is 1.02. The smallest absolute Gasteiger partial charge is 0.314 e. The Morgan fingerprint density at radius 1 is 1.09 bits per heavy atom. The highest BCUT2D eigenvalue weighted by molar-refractivity contribution is 5.77. The van der Waals surface area contributed by atoms with Crippen LogP contribution in [-0.4, -0.2) is 29.1 Å². The number of hydrogen-bond donors (Lipinski definition) is 1. The van der Waals surface area contributed by atoms with Crippen LogP contribution in [0.4, 0.5) is 0 Å². The molecule has 0 aromatic rings. The first kappa shape index (κ1) is 14.7. The number of rotatable bonds is 0. The van der Waals surface area contributed by atoms with Crippen LogP contribution in [0.2, 0.25) is 0 Å². The number of carbonyl (C=O) groups is 1. The molecule has 23 heavy (non-hydrogen) atoms. The highest BCUT2D eigenvalue weighted by atomic mass is 16.6. The van der Waals surface area contributed by atoms with Crippen molar-refractivity contribution in [2.75, 3.05) is 0 Å². The molecule has 2 bridgehead atoms. The molecule has 4 heteroatoms. The van der Waals surface area contributed by atoms with Gasteiger partial charge in [0.25, 0.3) is 0 Å². The molecule has 1 N–H and O–H groups in total. The van der Waals surface area contributed by atoms with Crippen molar-refractivity contribution in [3.63, 3.8) is 0 Å². The molecule has 0 aromatic carbocycles. The van der Waals surface area contributed by atoms with E-state index >= 15 is 0 Å². The molecule has 2 aliphatic heterocycles. The maximum Gasteiger partial charge on any atom is 0.314 e. The van der Waals surface area contributed by atoms with Crippen LogP contribution >= 0.6 is 0 Å². The molecule has 2 heterocycles. The Kier molecular flexibility index (Phi) is 2.43. The minimum atomic E-state index is -0.975. The molecule has 2 saturated heterocycles.